The van der Waals surface area contributed by atoms with Gasteiger partial charge in [-0.3, -0.25) is 4.79 Å². The van der Waals surface area contributed by atoms with Gasteiger partial charge in [-0.2, -0.15) is 5.10 Å². The lowest BCUT2D eigenvalue weighted by Crippen LogP contribution is -2.16. The highest BCUT2D eigenvalue weighted by molar-refractivity contribution is 6.04. The van der Waals surface area contributed by atoms with E-state index < -0.39 is 0 Å². The zero-order chi connectivity index (χ0) is 14.1. The Bertz CT molecular complexity index is 645. The first-order valence-electron chi connectivity index (χ1n) is 6.87. The maximum Gasteiger partial charge on any atom is 0.256 e. The van der Waals surface area contributed by atoms with Gasteiger partial charge < -0.3 is 10.6 Å². The average Bonchev–Trinajstić information content (AvgIpc) is 3.05. The number of aromatic nitrogens is 2. The van der Waals surface area contributed by atoms with E-state index in [0.717, 1.165) is 24.5 Å². The lowest BCUT2D eigenvalue weighted by molar-refractivity contribution is 0.102. The van der Waals surface area contributed by atoms with Gasteiger partial charge in [-0.05, 0) is 38.0 Å². The molecule has 0 fully saturated rings. The summed E-state index contributed by atoms with van der Waals surface area (Å²) in [7, 11) is 0. The van der Waals surface area contributed by atoms with Crippen LogP contribution in [0.25, 0.3) is 0 Å². The number of hydrogen-bond acceptors (Lipinski definition) is 3. The van der Waals surface area contributed by atoms with Gasteiger partial charge in [0.25, 0.3) is 5.91 Å². The summed E-state index contributed by atoms with van der Waals surface area (Å²) in [5.74, 6) is 0.613. The number of carbonyl (C=O) groups excluding carboxylic acids is 1. The predicted octanol–water partition coefficient (Wildman–Crippen LogP) is 2.68. The highest BCUT2D eigenvalue weighted by atomic mass is 16.1. The maximum absolute atomic E-state index is 12.3. The molecule has 1 aliphatic rings. The Kier molecular flexibility index (Phi) is 3.18. The van der Waals surface area contributed by atoms with Crippen LogP contribution >= 0.6 is 0 Å². The first-order valence-corrected chi connectivity index (χ1v) is 6.87. The summed E-state index contributed by atoms with van der Waals surface area (Å²) < 4.78 is 1.80. The molecule has 3 rings (SSSR count). The monoisotopic (exact) mass is 270 g/mol. The molecule has 1 aliphatic heterocycles. The van der Waals surface area contributed by atoms with Crippen LogP contribution in [0.4, 0.5) is 11.5 Å². The van der Waals surface area contributed by atoms with Crippen molar-refractivity contribution >= 4 is 17.4 Å². The molecule has 1 aromatic carbocycles. The minimum Gasteiger partial charge on any atom is -0.384 e. The molecular formula is C15H18N4O. The second-order valence-corrected chi connectivity index (χ2v) is 5.26. The van der Waals surface area contributed by atoms with E-state index in [-0.39, 0.29) is 11.9 Å². The van der Waals surface area contributed by atoms with Crippen molar-refractivity contribution in [3.8, 4) is 0 Å². The normalized spacial score (nSPS) is 13.2. The fourth-order valence-electron chi connectivity index (χ4n) is 2.45. The Balaban J connectivity index is 1.81. The minimum absolute atomic E-state index is 0.107. The van der Waals surface area contributed by atoms with Gasteiger partial charge in [-0.1, -0.05) is 6.07 Å². The van der Waals surface area contributed by atoms with Crippen molar-refractivity contribution in [3.05, 3.63) is 41.6 Å². The number of nitrogens with zero attached hydrogens (tertiary/aromatic N) is 2. The summed E-state index contributed by atoms with van der Waals surface area (Å²) in [6, 6.07) is 7.82. The fourth-order valence-corrected chi connectivity index (χ4v) is 2.45. The molecule has 0 atom stereocenters. The summed E-state index contributed by atoms with van der Waals surface area (Å²) in [5, 5.41) is 10.4. The van der Waals surface area contributed by atoms with Crippen molar-refractivity contribution in [2.45, 2.75) is 26.3 Å². The Labute approximate surface area is 118 Å². The first kappa shape index (κ1) is 12.7. The number of amides is 1. The molecule has 0 radical (unpaired) electrons. The fraction of sp³-hybridized carbons (Fsp3) is 0.333. The van der Waals surface area contributed by atoms with Crippen LogP contribution in [0.1, 0.15) is 35.8 Å². The van der Waals surface area contributed by atoms with Crippen LogP contribution in [0.2, 0.25) is 0 Å². The number of rotatable bonds is 3. The summed E-state index contributed by atoms with van der Waals surface area (Å²) in [6.07, 6.45) is 2.72. The quantitative estimate of drug-likeness (QED) is 0.901. The third-order valence-electron chi connectivity index (χ3n) is 3.48. The van der Waals surface area contributed by atoms with E-state index in [4.69, 9.17) is 0 Å². The molecular weight excluding hydrogens is 252 g/mol. The summed E-state index contributed by atoms with van der Waals surface area (Å²) >= 11 is 0. The molecule has 0 unspecified atom stereocenters. The molecule has 0 saturated heterocycles. The van der Waals surface area contributed by atoms with Gasteiger partial charge in [-0.25, -0.2) is 4.68 Å². The molecule has 0 aliphatic carbocycles. The number of hydrogen-bond donors (Lipinski definition) is 2. The molecule has 20 heavy (non-hydrogen) atoms. The molecule has 0 saturated carbocycles. The number of anilines is 2. The molecule has 5 nitrogen and oxygen atoms in total. The zero-order valence-corrected chi connectivity index (χ0v) is 11.7. The lowest BCUT2D eigenvalue weighted by atomic mass is 10.1. The molecule has 2 heterocycles. The largest absolute Gasteiger partial charge is 0.384 e. The smallest absolute Gasteiger partial charge is 0.256 e. The highest BCUT2D eigenvalue weighted by Gasteiger charge is 2.15. The van der Waals surface area contributed by atoms with Crippen LogP contribution in [-0.2, 0) is 6.42 Å². The van der Waals surface area contributed by atoms with Crippen molar-refractivity contribution in [3.63, 3.8) is 0 Å². The minimum atomic E-state index is -0.107. The van der Waals surface area contributed by atoms with Crippen molar-refractivity contribution in [1.82, 2.24) is 9.78 Å². The molecule has 2 aromatic rings. The number of fused-ring (bicyclic) bond motifs is 1. The van der Waals surface area contributed by atoms with Gasteiger partial charge in [0.15, 0.2) is 0 Å². The van der Waals surface area contributed by atoms with E-state index in [1.54, 1.807) is 10.9 Å². The van der Waals surface area contributed by atoms with Gasteiger partial charge in [0.1, 0.15) is 5.82 Å². The van der Waals surface area contributed by atoms with Crippen LogP contribution in [0.5, 0.6) is 0 Å². The highest BCUT2D eigenvalue weighted by Crippen LogP contribution is 2.24. The Morgan fingerprint density at radius 1 is 1.40 bits per heavy atom. The molecule has 104 valence electrons. The number of carbonyl (C=O) groups is 1. The van der Waals surface area contributed by atoms with Gasteiger partial charge in [0, 0.05) is 29.9 Å². The van der Waals surface area contributed by atoms with Crippen molar-refractivity contribution < 1.29 is 4.79 Å². The van der Waals surface area contributed by atoms with Crippen molar-refractivity contribution in [1.29, 1.82) is 0 Å². The van der Waals surface area contributed by atoms with Crippen LogP contribution in [0, 0.1) is 0 Å². The number of nitrogens with one attached hydrogen (secondary N) is 2. The van der Waals surface area contributed by atoms with Crippen molar-refractivity contribution in [2.24, 2.45) is 0 Å². The van der Waals surface area contributed by atoms with Crippen LogP contribution in [-0.4, -0.2) is 22.2 Å². The lowest BCUT2D eigenvalue weighted by Gasteiger charge is -2.12. The Hall–Kier alpha value is -2.30. The second-order valence-electron chi connectivity index (χ2n) is 5.26. The summed E-state index contributed by atoms with van der Waals surface area (Å²) in [5.41, 5.74) is 3.00. The maximum atomic E-state index is 12.3. The van der Waals surface area contributed by atoms with E-state index in [1.807, 2.05) is 38.1 Å². The van der Waals surface area contributed by atoms with Gasteiger partial charge in [0.05, 0.1) is 6.20 Å². The average molecular weight is 270 g/mol. The molecule has 5 heteroatoms. The van der Waals surface area contributed by atoms with Gasteiger partial charge in [0.2, 0.25) is 0 Å². The number of benzene rings is 1. The molecule has 2 N–H and O–H groups in total. The van der Waals surface area contributed by atoms with Gasteiger partial charge >= 0.3 is 0 Å². The predicted molar refractivity (Wildman–Crippen MR) is 79.2 cm³/mol. The molecule has 0 bridgehead atoms. The van der Waals surface area contributed by atoms with E-state index in [2.05, 4.69) is 15.7 Å². The third-order valence-corrected chi connectivity index (χ3v) is 3.48. The summed E-state index contributed by atoms with van der Waals surface area (Å²) in [4.78, 5) is 12.3. The molecule has 1 aromatic heterocycles. The SMILES string of the molecule is CC(C)n1nccc1NC(=O)c1ccc2c(c1)NCC2. The Morgan fingerprint density at radius 2 is 2.25 bits per heavy atom. The zero-order valence-electron chi connectivity index (χ0n) is 11.7. The summed E-state index contributed by atoms with van der Waals surface area (Å²) in [6.45, 7) is 5.00. The standard InChI is InChI=1S/C15H18N4O/c1-10(2)19-14(6-8-17-19)18-15(20)12-4-3-11-5-7-16-13(11)9-12/h3-4,6,8-10,16H,5,7H2,1-2H3,(H,18,20). The topological polar surface area (TPSA) is 59.0 Å². The van der Waals surface area contributed by atoms with E-state index in [9.17, 15) is 4.79 Å². The van der Waals surface area contributed by atoms with Crippen LogP contribution in [0.15, 0.2) is 30.5 Å². The third kappa shape index (κ3) is 2.27. The Morgan fingerprint density at radius 3 is 3.05 bits per heavy atom. The van der Waals surface area contributed by atoms with Gasteiger partial charge in [-0.15, -0.1) is 0 Å². The second kappa shape index (κ2) is 5.00. The van der Waals surface area contributed by atoms with Crippen molar-refractivity contribution in [2.75, 3.05) is 17.2 Å². The first-order chi connectivity index (χ1) is 9.65. The van der Waals surface area contributed by atoms with E-state index >= 15 is 0 Å². The molecule has 0 spiro atoms. The van der Waals surface area contributed by atoms with Crippen LogP contribution in [0.3, 0.4) is 0 Å². The van der Waals surface area contributed by atoms with E-state index in [1.165, 1.54) is 5.56 Å². The van der Waals surface area contributed by atoms with Crippen LogP contribution < -0.4 is 10.6 Å². The molecule has 1 amide bonds. The van der Waals surface area contributed by atoms with E-state index in [0.29, 0.717) is 5.56 Å².